The molecule has 0 unspecified atom stereocenters. The normalized spacial score (nSPS) is 11.8. The first-order valence-corrected chi connectivity index (χ1v) is 12.4. The van der Waals surface area contributed by atoms with Crippen molar-refractivity contribution in [1.29, 1.82) is 0 Å². The van der Waals surface area contributed by atoms with Gasteiger partial charge in [0.25, 0.3) is 5.91 Å². The van der Waals surface area contributed by atoms with Crippen LogP contribution in [0.25, 0.3) is 0 Å². The van der Waals surface area contributed by atoms with Crippen molar-refractivity contribution in [3.8, 4) is 0 Å². The highest BCUT2D eigenvalue weighted by Gasteiger charge is 2.25. The number of sulfonamides is 1. The summed E-state index contributed by atoms with van der Waals surface area (Å²) in [5, 5.41) is 3.90. The van der Waals surface area contributed by atoms with Gasteiger partial charge in [-0.25, -0.2) is 13.4 Å². The number of amides is 1. The summed E-state index contributed by atoms with van der Waals surface area (Å²) in [4.78, 5) is 18.0. The van der Waals surface area contributed by atoms with Gasteiger partial charge in [-0.2, -0.15) is 4.31 Å². The lowest BCUT2D eigenvalue weighted by Crippen LogP contribution is -2.33. The fraction of sp³-hybridized carbons (Fsp3) is 0.238. The molecule has 0 saturated carbocycles. The fourth-order valence-corrected chi connectivity index (χ4v) is 5.39. The maximum Gasteiger partial charge on any atom is 0.259 e. The molecule has 0 aliphatic heterocycles. The van der Waals surface area contributed by atoms with Crippen molar-refractivity contribution < 1.29 is 13.2 Å². The lowest BCUT2D eigenvalue weighted by atomic mass is 10.1. The number of rotatable bonds is 7. The first kappa shape index (κ1) is 23.7. The van der Waals surface area contributed by atoms with E-state index in [1.165, 1.54) is 40.9 Å². The molecule has 1 heterocycles. The van der Waals surface area contributed by atoms with Gasteiger partial charge in [-0.05, 0) is 49.7 Å². The number of aromatic nitrogens is 1. The highest BCUT2D eigenvalue weighted by atomic mass is 35.5. The molecule has 1 aromatic heterocycles. The summed E-state index contributed by atoms with van der Waals surface area (Å²) in [7, 11) is -2.26. The van der Waals surface area contributed by atoms with Gasteiger partial charge in [-0.3, -0.25) is 10.1 Å². The van der Waals surface area contributed by atoms with Crippen molar-refractivity contribution in [1.82, 2.24) is 9.29 Å². The van der Waals surface area contributed by atoms with Gasteiger partial charge in [-0.15, -0.1) is 11.3 Å². The standard InChI is InChI=1S/C21H21Cl2N3O3S2/c1-13(2)26(3)31(28,29)17-7-8-19(23)18(11-17)20(27)25-21-24-12-16(30-21)10-14-5-4-6-15(22)9-14/h4-9,11-13H,10H2,1-3H3,(H,24,25,27). The maximum atomic E-state index is 12.8. The van der Waals surface area contributed by atoms with Crippen molar-refractivity contribution in [3.05, 3.63) is 74.7 Å². The summed E-state index contributed by atoms with van der Waals surface area (Å²) < 4.78 is 26.7. The molecule has 0 fully saturated rings. The van der Waals surface area contributed by atoms with Crippen molar-refractivity contribution >= 4 is 55.6 Å². The van der Waals surface area contributed by atoms with Crippen LogP contribution in [0.1, 0.15) is 34.6 Å². The predicted molar refractivity (Wildman–Crippen MR) is 126 cm³/mol. The molecular formula is C21H21Cl2N3O3S2. The minimum Gasteiger partial charge on any atom is -0.298 e. The summed E-state index contributed by atoms with van der Waals surface area (Å²) in [6.45, 7) is 3.54. The van der Waals surface area contributed by atoms with E-state index in [0.29, 0.717) is 16.6 Å². The molecule has 1 amide bonds. The molecule has 0 aliphatic rings. The van der Waals surface area contributed by atoms with Gasteiger partial charge < -0.3 is 0 Å². The van der Waals surface area contributed by atoms with Crippen molar-refractivity contribution in [2.24, 2.45) is 0 Å². The van der Waals surface area contributed by atoms with Crippen molar-refractivity contribution in [2.75, 3.05) is 12.4 Å². The van der Waals surface area contributed by atoms with E-state index < -0.39 is 15.9 Å². The van der Waals surface area contributed by atoms with E-state index in [4.69, 9.17) is 23.2 Å². The predicted octanol–water partition coefficient (Wildman–Crippen LogP) is 5.32. The number of hydrogen-bond acceptors (Lipinski definition) is 5. The molecule has 3 aromatic rings. The Kier molecular flexibility index (Phi) is 7.39. The van der Waals surface area contributed by atoms with Crippen LogP contribution in [0.5, 0.6) is 0 Å². The van der Waals surface area contributed by atoms with E-state index in [0.717, 1.165) is 10.4 Å². The van der Waals surface area contributed by atoms with Gasteiger partial charge in [0.05, 0.1) is 15.5 Å². The van der Waals surface area contributed by atoms with Crippen LogP contribution in [0.15, 0.2) is 53.6 Å². The average Bonchev–Trinajstić information content (AvgIpc) is 3.13. The Morgan fingerprint density at radius 2 is 1.94 bits per heavy atom. The number of carbonyl (C=O) groups is 1. The van der Waals surface area contributed by atoms with Gasteiger partial charge in [0.15, 0.2) is 5.13 Å². The number of carbonyl (C=O) groups excluding carboxylic acids is 1. The average molecular weight is 498 g/mol. The SMILES string of the molecule is CC(C)N(C)S(=O)(=O)c1ccc(Cl)c(C(=O)Nc2ncc(Cc3cccc(Cl)c3)s2)c1. The van der Waals surface area contributed by atoms with Crippen molar-refractivity contribution in [2.45, 2.75) is 31.2 Å². The van der Waals surface area contributed by atoms with Crippen LogP contribution in [0.2, 0.25) is 10.0 Å². The largest absolute Gasteiger partial charge is 0.298 e. The highest BCUT2D eigenvalue weighted by molar-refractivity contribution is 7.89. The molecule has 31 heavy (non-hydrogen) atoms. The molecule has 6 nitrogen and oxygen atoms in total. The van der Waals surface area contributed by atoms with Gasteiger partial charge in [-0.1, -0.05) is 35.3 Å². The molecule has 1 N–H and O–H groups in total. The number of nitrogens with zero attached hydrogens (tertiary/aromatic N) is 2. The second kappa shape index (κ2) is 9.67. The number of halogens is 2. The first-order valence-electron chi connectivity index (χ1n) is 9.36. The molecular weight excluding hydrogens is 477 g/mol. The second-order valence-corrected chi connectivity index (χ2v) is 11.1. The molecule has 3 rings (SSSR count). The monoisotopic (exact) mass is 497 g/mol. The van der Waals surface area contributed by atoms with Gasteiger partial charge in [0.2, 0.25) is 10.0 Å². The molecule has 0 bridgehead atoms. The molecule has 0 atom stereocenters. The Bertz CT molecular complexity index is 1210. The summed E-state index contributed by atoms with van der Waals surface area (Å²) >= 11 is 13.5. The summed E-state index contributed by atoms with van der Waals surface area (Å²) in [6.07, 6.45) is 2.31. The molecule has 0 aliphatic carbocycles. The maximum absolute atomic E-state index is 12.8. The quantitative estimate of drug-likeness (QED) is 0.478. The molecule has 0 spiro atoms. The zero-order chi connectivity index (χ0) is 22.8. The molecule has 0 radical (unpaired) electrons. The zero-order valence-corrected chi connectivity index (χ0v) is 20.2. The third kappa shape index (κ3) is 5.64. The van der Waals surface area contributed by atoms with Gasteiger partial charge in [0, 0.05) is 35.6 Å². The van der Waals surface area contributed by atoms with Crippen LogP contribution >= 0.6 is 34.5 Å². The molecule has 164 valence electrons. The third-order valence-electron chi connectivity index (χ3n) is 4.63. The highest BCUT2D eigenvalue weighted by Crippen LogP contribution is 2.26. The minimum atomic E-state index is -3.75. The Hall–Kier alpha value is -1.97. The lowest BCUT2D eigenvalue weighted by molar-refractivity contribution is 0.102. The van der Waals surface area contributed by atoms with Gasteiger partial charge >= 0.3 is 0 Å². The number of benzene rings is 2. The molecule has 2 aromatic carbocycles. The first-order chi connectivity index (χ1) is 14.6. The number of thiazole rings is 1. The van der Waals surface area contributed by atoms with E-state index >= 15 is 0 Å². The van der Waals surface area contributed by atoms with E-state index in [2.05, 4.69) is 10.3 Å². The Balaban J connectivity index is 1.79. The van der Waals surface area contributed by atoms with E-state index in [9.17, 15) is 13.2 Å². The zero-order valence-electron chi connectivity index (χ0n) is 17.1. The molecule has 0 saturated heterocycles. The number of nitrogens with one attached hydrogen (secondary N) is 1. The third-order valence-corrected chi connectivity index (χ3v) is 8.14. The van der Waals surface area contributed by atoms with Crippen molar-refractivity contribution in [3.63, 3.8) is 0 Å². The van der Waals surface area contributed by atoms with Crippen LogP contribution in [-0.4, -0.2) is 36.7 Å². The Labute approximate surface area is 195 Å². The fourth-order valence-electron chi connectivity index (χ4n) is 2.74. The lowest BCUT2D eigenvalue weighted by Gasteiger charge is -2.21. The summed E-state index contributed by atoms with van der Waals surface area (Å²) in [5.41, 5.74) is 1.09. The number of hydrogen-bond donors (Lipinski definition) is 1. The Morgan fingerprint density at radius 3 is 2.61 bits per heavy atom. The van der Waals surface area contributed by atoms with E-state index in [1.807, 2.05) is 18.2 Å². The van der Waals surface area contributed by atoms with Crippen LogP contribution in [0.3, 0.4) is 0 Å². The van der Waals surface area contributed by atoms with Crippen LogP contribution in [-0.2, 0) is 16.4 Å². The second-order valence-electron chi connectivity index (χ2n) is 7.15. The summed E-state index contributed by atoms with van der Waals surface area (Å²) in [6, 6.07) is 11.4. The topological polar surface area (TPSA) is 79.4 Å². The summed E-state index contributed by atoms with van der Waals surface area (Å²) in [5.74, 6) is -0.530. The smallest absolute Gasteiger partial charge is 0.259 e. The minimum absolute atomic E-state index is 0.000894. The Morgan fingerprint density at radius 1 is 1.19 bits per heavy atom. The van der Waals surface area contributed by atoms with Crippen LogP contribution < -0.4 is 5.32 Å². The number of anilines is 1. The van der Waals surface area contributed by atoms with Gasteiger partial charge in [0.1, 0.15) is 0 Å². The molecule has 10 heteroatoms. The van der Waals surface area contributed by atoms with Crippen LogP contribution in [0, 0.1) is 0 Å². The van der Waals surface area contributed by atoms with E-state index in [-0.39, 0.29) is 21.5 Å². The van der Waals surface area contributed by atoms with Crippen LogP contribution in [0.4, 0.5) is 5.13 Å². The van der Waals surface area contributed by atoms with E-state index in [1.54, 1.807) is 26.1 Å².